The Balaban J connectivity index is 2.35. The number of aliphatic hydroxyl groups is 1. The molecule has 0 saturated heterocycles. The number of hydrogen-bond acceptors (Lipinski definition) is 1. The van der Waals surface area contributed by atoms with Gasteiger partial charge in [0.1, 0.15) is 0 Å². The van der Waals surface area contributed by atoms with Gasteiger partial charge in [-0.3, -0.25) is 0 Å². The first-order chi connectivity index (χ1) is 6.77. The molecule has 1 aromatic carbocycles. The minimum atomic E-state index is -0.296. The molecule has 0 heterocycles. The summed E-state index contributed by atoms with van der Waals surface area (Å²) in [5, 5.41) is 10.3. The summed E-state index contributed by atoms with van der Waals surface area (Å²) in [6, 6.07) is 7.79. The third kappa shape index (κ3) is 1.99. The first-order valence-corrected chi connectivity index (χ1v) is 5.29. The molecule has 0 aromatic heterocycles. The lowest BCUT2D eigenvalue weighted by atomic mass is 9.92. The van der Waals surface area contributed by atoms with Crippen LogP contribution in [0.1, 0.15) is 24.8 Å². The summed E-state index contributed by atoms with van der Waals surface area (Å²) in [7, 11) is 0. The molecule has 0 saturated carbocycles. The standard InChI is InChI=1S/C12H13ClO/c13-12-7-2-1-6-11(12)9-4-3-5-10(14)8-9/h1-2,6-8,10,14H,3-5H2. The highest BCUT2D eigenvalue weighted by atomic mass is 35.5. The van der Waals surface area contributed by atoms with Crippen LogP contribution in [0.25, 0.3) is 5.57 Å². The number of rotatable bonds is 1. The molecule has 74 valence electrons. The molecule has 1 aliphatic rings. The van der Waals surface area contributed by atoms with Crippen molar-refractivity contribution >= 4 is 17.2 Å². The Morgan fingerprint density at radius 3 is 2.79 bits per heavy atom. The van der Waals surface area contributed by atoms with E-state index in [1.165, 1.54) is 5.57 Å². The van der Waals surface area contributed by atoms with Gasteiger partial charge in [-0.25, -0.2) is 0 Å². The second-order valence-electron chi connectivity index (χ2n) is 3.63. The molecule has 14 heavy (non-hydrogen) atoms. The first-order valence-electron chi connectivity index (χ1n) is 4.91. The van der Waals surface area contributed by atoms with Crippen LogP contribution in [0.5, 0.6) is 0 Å². The van der Waals surface area contributed by atoms with E-state index in [4.69, 9.17) is 11.6 Å². The smallest absolute Gasteiger partial charge is 0.0726 e. The maximum atomic E-state index is 9.51. The lowest BCUT2D eigenvalue weighted by molar-refractivity contribution is 0.206. The molecule has 0 spiro atoms. The van der Waals surface area contributed by atoms with E-state index in [0.29, 0.717) is 0 Å². The molecule has 0 bridgehead atoms. The average molecular weight is 209 g/mol. The van der Waals surface area contributed by atoms with Gasteiger partial charge in [0.25, 0.3) is 0 Å². The molecule has 0 aliphatic heterocycles. The van der Waals surface area contributed by atoms with E-state index < -0.39 is 0 Å². The Hall–Kier alpha value is -0.790. The summed E-state index contributed by atoms with van der Waals surface area (Å²) >= 11 is 6.08. The van der Waals surface area contributed by atoms with Crippen molar-refractivity contribution in [3.05, 3.63) is 40.9 Å². The normalized spacial score (nSPS) is 21.9. The van der Waals surface area contributed by atoms with Gasteiger partial charge in [-0.05, 0) is 36.5 Å². The fraction of sp³-hybridized carbons (Fsp3) is 0.333. The second-order valence-corrected chi connectivity index (χ2v) is 4.04. The highest BCUT2D eigenvalue weighted by molar-refractivity contribution is 6.32. The molecule has 1 unspecified atom stereocenters. The van der Waals surface area contributed by atoms with E-state index in [9.17, 15) is 5.11 Å². The maximum Gasteiger partial charge on any atom is 0.0726 e. The molecule has 2 rings (SSSR count). The number of benzene rings is 1. The lowest BCUT2D eigenvalue weighted by Crippen LogP contribution is -2.08. The first kappa shape index (κ1) is 9.75. The number of hydrogen-bond donors (Lipinski definition) is 1. The fourth-order valence-electron chi connectivity index (χ4n) is 1.85. The Labute approximate surface area is 89.0 Å². The monoisotopic (exact) mass is 208 g/mol. The van der Waals surface area contributed by atoms with E-state index in [0.717, 1.165) is 29.8 Å². The highest BCUT2D eigenvalue weighted by Crippen LogP contribution is 2.31. The van der Waals surface area contributed by atoms with Crippen molar-refractivity contribution in [2.24, 2.45) is 0 Å². The molecule has 0 amide bonds. The zero-order valence-electron chi connectivity index (χ0n) is 7.91. The molecule has 1 aliphatic carbocycles. The molecule has 0 radical (unpaired) electrons. The fourth-order valence-corrected chi connectivity index (χ4v) is 2.10. The van der Waals surface area contributed by atoms with E-state index in [-0.39, 0.29) is 6.10 Å². The van der Waals surface area contributed by atoms with Crippen LogP contribution in [0.4, 0.5) is 0 Å². The van der Waals surface area contributed by atoms with Crippen molar-refractivity contribution in [1.82, 2.24) is 0 Å². The van der Waals surface area contributed by atoms with Crippen LogP contribution >= 0.6 is 11.6 Å². The number of allylic oxidation sites excluding steroid dienone is 1. The molecule has 1 aromatic rings. The molecule has 1 atom stereocenters. The third-order valence-corrected chi connectivity index (χ3v) is 2.89. The second kappa shape index (κ2) is 4.16. The van der Waals surface area contributed by atoms with Crippen LogP contribution < -0.4 is 0 Å². The molecular weight excluding hydrogens is 196 g/mol. The van der Waals surface area contributed by atoms with Gasteiger partial charge >= 0.3 is 0 Å². The van der Waals surface area contributed by atoms with Crippen LogP contribution in [-0.4, -0.2) is 11.2 Å². The minimum Gasteiger partial charge on any atom is -0.389 e. The van der Waals surface area contributed by atoms with Crippen molar-refractivity contribution in [1.29, 1.82) is 0 Å². The van der Waals surface area contributed by atoms with Crippen molar-refractivity contribution in [2.75, 3.05) is 0 Å². The Kier molecular flexibility index (Phi) is 2.90. The summed E-state index contributed by atoms with van der Waals surface area (Å²) in [6.45, 7) is 0. The van der Waals surface area contributed by atoms with Gasteiger partial charge in [0, 0.05) is 5.02 Å². The van der Waals surface area contributed by atoms with Crippen molar-refractivity contribution < 1.29 is 5.11 Å². The number of halogens is 1. The van der Waals surface area contributed by atoms with E-state index in [1.807, 2.05) is 30.3 Å². The predicted molar refractivity (Wildman–Crippen MR) is 59.3 cm³/mol. The molecule has 1 nitrogen and oxygen atoms in total. The topological polar surface area (TPSA) is 20.2 Å². The van der Waals surface area contributed by atoms with Gasteiger partial charge in [0.05, 0.1) is 6.10 Å². The summed E-state index contributed by atoms with van der Waals surface area (Å²) in [5.41, 5.74) is 2.24. The zero-order valence-corrected chi connectivity index (χ0v) is 8.67. The SMILES string of the molecule is OC1C=C(c2ccccc2Cl)CCC1. The van der Waals surface area contributed by atoms with Crippen LogP contribution in [0.15, 0.2) is 30.3 Å². The average Bonchev–Trinajstić information content (AvgIpc) is 2.18. The van der Waals surface area contributed by atoms with Crippen LogP contribution in [0, 0.1) is 0 Å². The van der Waals surface area contributed by atoms with E-state index in [1.54, 1.807) is 0 Å². The zero-order chi connectivity index (χ0) is 9.97. The largest absolute Gasteiger partial charge is 0.389 e. The van der Waals surface area contributed by atoms with Crippen LogP contribution in [0.2, 0.25) is 5.02 Å². The third-order valence-electron chi connectivity index (χ3n) is 2.56. The van der Waals surface area contributed by atoms with Gasteiger partial charge in [0.2, 0.25) is 0 Å². The quantitative estimate of drug-likeness (QED) is 0.751. The maximum absolute atomic E-state index is 9.51. The lowest BCUT2D eigenvalue weighted by Gasteiger charge is -2.17. The van der Waals surface area contributed by atoms with Gasteiger partial charge in [-0.2, -0.15) is 0 Å². The molecule has 2 heteroatoms. The van der Waals surface area contributed by atoms with Gasteiger partial charge in [-0.15, -0.1) is 0 Å². The van der Waals surface area contributed by atoms with Crippen LogP contribution in [0.3, 0.4) is 0 Å². The minimum absolute atomic E-state index is 0.296. The molecule has 0 fully saturated rings. The Bertz CT molecular complexity index is 357. The van der Waals surface area contributed by atoms with E-state index >= 15 is 0 Å². The van der Waals surface area contributed by atoms with Gasteiger partial charge in [0.15, 0.2) is 0 Å². The van der Waals surface area contributed by atoms with Crippen molar-refractivity contribution in [2.45, 2.75) is 25.4 Å². The van der Waals surface area contributed by atoms with Gasteiger partial charge in [-0.1, -0.05) is 35.9 Å². The Morgan fingerprint density at radius 2 is 2.07 bits per heavy atom. The van der Waals surface area contributed by atoms with Crippen molar-refractivity contribution in [3.63, 3.8) is 0 Å². The molecule has 1 N–H and O–H groups in total. The van der Waals surface area contributed by atoms with E-state index in [2.05, 4.69) is 0 Å². The summed E-state index contributed by atoms with van der Waals surface area (Å²) < 4.78 is 0. The number of aliphatic hydroxyl groups excluding tert-OH is 1. The Morgan fingerprint density at radius 1 is 1.29 bits per heavy atom. The highest BCUT2D eigenvalue weighted by Gasteiger charge is 2.13. The predicted octanol–water partition coefficient (Wildman–Crippen LogP) is 3.27. The summed E-state index contributed by atoms with van der Waals surface area (Å²) in [5.74, 6) is 0. The summed E-state index contributed by atoms with van der Waals surface area (Å²) in [6.07, 6.45) is 4.55. The molecular formula is C12H13ClO. The van der Waals surface area contributed by atoms with Gasteiger partial charge < -0.3 is 5.11 Å². The van der Waals surface area contributed by atoms with Crippen molar-refractivity contribution in [3.8, 4) is 0 Å². The summed E-state index contributed by atoms with van der Waals surface area (Å²) in [4.78, 5) is 0. The van der Waals surface area contributed by atoms with Crippen LogP contribution in [-0.2, 0) is 0 Å².